The second kappa shape index (κ2) is 4.01. The van der Waals surface area contributed by atoms with E-state index in [0.29, 0.717) is 0 Å². The van der Waals surface area contributed by atoms with Crippen LogP contribution in [-0.2, 0) is 19.2 Å². The topological polar surface area (TPSA) is 171 Å². The number of hydrogen-bond donors (Lipinski definition) is 5. The van der Waals surface area contributed by atoms with Gasteiger partial charge in [0.25, 0.3) is 0 Å². The Morgan fingerprint density at radius 3 is 1.18 bits per heavy atom. The molecule has 1 saturated heterocycles. The van der Waals surface area contributed by atoms with E-state index >= 15 is 0 Å². The molecule has 0 spiro atoms. The molecule has 0 radical (unpaired) electrons. The van der Waals surface area contributed by atoms with Crippen LogP contribution in [-0.4, -0.2) is 56.4 Å². The van der Waals surface area contributed by atoms with Gasteiger partial charge in [0.05, 0.1) is 5.54 Å². The third kappa shape index (κ3) is 2.04. The predicted octanol–water partition coefficient (Wildman–Crippen LogP) is -2.10. The van der Waals surface area contributed by atoms with Crippen LogP contribution in [0.25, 0.3) is 0 Å². The average molecular weight is 247 g/mol. The summed E-state index contributed by atoms with van der Waals surface area (Å²) in [6, 6.07) is 0. The molecule has 0 aliphatic carbocycles. The number of carbonyl (C=O) groups is 4. The second-order valence-corrected chi connectivity index (χ2v) is 3.61. The standard InChI is InChI=1S/C8H9NO8/c10-4(11)2(5(12)13)8(1-9-8)3(6(14)15)7(16)17/h2-3,9H,1H2,(H,10,11)(H,12,13)(H,14,15)(H,16,17). The molecule has 0 unspecified atom stereocenters. The first-order valence-electron chi connectivity index (χ1n) is 4.40. The molecule has 0 saturated carbocycles. The van der Waals surface area contributed by atoms with Gasteiger partial charge in [-0.1, -0.05) is 0 Å². The largest absolute Gasteiger partial charge is 0.481 e. The van der Waals surface area contributed by atoms with Crippen molar-refractivity contribution in [2.24, 2.45) is 11.8 Å². The highest BCUT2D eigenvalue weighted by molar-refractivity contribution is 6.01. The maximum atomic E-state index is 10.8. The molecule has 17 heavy (non-hydrogen) atoms. The van der Waals surface area contributed by atoms with Gasteiger partial charge in [-0.2, -0.15) is 0 Å². The molecule has 0 aromatic rings. The summed E-state index contributed by atoms with van der Waals surface area (Å²) in [4.78, 5) is 43.1. The fourth-order valence-corrected chi connectivity index (χ4v) is 1.77. The van der Waals surface area contributed by atoms with Crippen molar-refractivity contribution in [3.63, 3.8) is 0 Å². The number of carboxylic acid groups (broad SMARTS) is 4. The minimum Gasteiger partial charge on any atom is -0.481 e. The van der Waals surface area contributed by atoms with Crippen molar-refractivity contribution in [3.8, 4) is 0 Å². The van der Waals surface area contributed by atoms with E-state index in [2.05, 4.69) is 5.32 Å². The van der Waals surface area contributed by atoms with Crippen molar-refractivity contribution in [1.29, 1.82) is 0 Å². The minimum atomic E-state index is -2.13. The predicted molar refractivity (Wildman–Crippen MR) is 48.3 cm³/mol. The molecule has 9 nitrogen and oxygen atoms in total. The molecule has 0 aromatic heterocycles. The van der Waals surface area contributed by atoms with Crippen molar-refractivity contribution < 1.29 is 39.6 Å². The summed E-state index contributed by atoms with van der Waals surface area (Å²) < 4.78 is 0. The van der Waals surface area contributed by atoms with E-state index in [1.807, 2.05) is 0 Å². The number of nitrogens with one attached hydrogen (secondary N) is 1. The van der Waals surface area contributed by atoms with Crippen molar-refractivity contribution in [2.75, 3.05) is 6.54 Å². The quantitative estimate of drug-likeness (QED) is 0.260. The molecule has 0 atom stereocenters. The Kier molecular flexibility index (Phi) is 3.05. The lowest BCUT2D eigenvalue weighted by molar-refractivity contribution is -0.162. The van der Waals surface area contributed by atoms with Crippen LogP contribution in [0.5, 0.6) is 0 Å². The SMILES string of the molecule is O=C(O)C(C(=O)O)C1(C(C(=O)O)C(=O)O)CN1. The summed E-state index contributed by atoms with van der Waals surface area (Å²) in [5.41, 5.74) is -1.98. The molecule has 5 N–H and O–H groups in total. The van der Waals surface area contributed by atoms with Crippen molar-refractivity contribution in [3.05, 3.63) is 0 Å². The van der Waals surface area contributed by atoms with Crippen LogP contribution >= 0.6 is 0 Å². The van der Waals surface area contributed by atoms with Crippen LogP contribution in [0.3, 0.4) is 0 Å². The van der Waals surface area contributed by atoms with E-state index in [0.717, 1.165) is 0 Å². The zero-order valence-corrected chi connectivity index (χ0v) is 8.28. The van der Waals surface area contributed by atoms with Crippen LogP contribution in [0.4, 0.5) is 0 Å². The zero-order valence-electron chi connectivity index (χ0n) is 8.28. The Morgan fingerprint density at radius 1 is 0.824 bits per heavy atom. The highest BCUT2D eigenvalue weighted by Gasteiger charge is 2.65. The molecule has 1 rings (SSSR count). The van der Waals surface area contributed by atoms with Gasteiger partial charge in [0.2, 0.25) is 0 Å². The van der Waals surface area contributed by atoms with Gasteiger partial charge < -0.3 is 25.7 Å². The van der Waals surface area contributed by atoms with Gasteiger partial charge in [0.1, 0.15) is 0 Å². The molecule has 0 aromatic carbocycles. The molecule has 1 heterocycles. The zero-order chi connectivity index (χ0) is 13.4. The Labute approximate surface area is 93.7 Å². The van der Waals surface area contributed by atoms with E-state index in [9.17, 15) is 19.2 Å². The first kappa shape index (κ1) is 12.9. The summed E-state index contributed by atoms with van der Waals surface area (Å²) in [7, 11) is 0. The fourth-order valence-electron chi connectivity index (χ4n) is 1.77. The van der Waals surface area contributed by atoms with Crippen molar-refractivity contribution >= 4 is 23.9 Å². The summed E-state index contributed by atoms with van der Waals surface area (Å²) in [6.45, 7) is -0.292. The lowest BCUT2D eigenvalue weighted by Crippen LogP contribution is -2.50. The third-order valence-corrected chi connectivity index (χ3v) is 2.60. The summed E-state index contributed by atoms with van der Waals surface area (Å²) in [5, 5.41) is 37.2. The van der Waals surface area contributed by atoms with Crippen LogP contribution < -0.4 is 5.32 Å². The van der Waals surface area contributed by atoms with E-state index < -0.39 is 41.3 Å². The fraction of sp³-hybridized carbons (Fsp3) is 0.500. The Bertz CT molecular complexity index is 336. The highest BCUT2D eigenvalue weighted by Crippen LogP contribution is 2.36. The maximum absolute atomic E-state index is 10.8. The normalized spacial score (nSPS) is 16.8. The number of carboxylic acids is 4. The van der Waals surface area contributed by atoms with Crippen molar-refractivity contribution in [2.45, 2.75) is 5.54 Å². The van der Waals surface area contributed by atoms with Gasteiger partial charge >= 0.3 is 23.9 Å². The van der Waals surface area contributed by atoms with Crippen LogP contribution in [0.15, 0.2) is 0 Å². The highest BCUT2D eigenvalue weighted by atomic mass is 16.4. The first-order valence-corrected chi connectivity index (χ1v) is 4.40. The van der Waals surface area contributed by atoms with Crippen LogP contribution in [0.2, 0.25) is 0 Å². The molecular weight excluding hydrogens is 238 g/mol. The molecule has 1 aliphatic heterocycles. The van der Waals surface area contributed by atoms with Gasteiger partial charge in [-0.15, -0.1) is 0 Å². The lowest BCUT2D eigenvalue weighted by atomic mass is 9.80. The number of aliphatic carboxylic acids is 4. The monoisotopic (exact) mass is 247 g/mol. The number of rotatable bonds is 6. The smallest absolute Gasteiger partial charge is 0.319 e. The van der Waals surface area contributed by atoms with Gasteiger partial charge in [-0.3, -0.25) is 19.2 Å². The molecule has 0 amide bonds. The minimum absolute atomic E-state index is 0.292. The van der Waals surface area contributed by atoms with E-state index in [4.69, 9.17) is 20.4 Å². The molecule has 0 bridgehead atoms. The third-order valence-electron chi connectivity index (χ3n) is 2.60. The summed E-state index contributed by atoms with van der Waals surface area (Å²) >= 11 is 0. The Balaban J connectivity index is 3.16. The van der Waals surface area contributed by atoms with Crippen molar-refractivity contribution in [1.82, 2.24) is 5.32 Å². The summed E-state index contributed by atoms with van der Waals surface area (Å²) in [5.74, 6) is -11.4. The molecule has 94 valence electrons. The second-order valence-electron chi connectivity index (χ2n) is 3.61. The molecule has 1 aliphatic rings. The average Bonchev–Trinajstić information content (AvgIpc) is 2.81. The van der Waals surface area contributed by atoms with E-state index in [-0.39, 0.29) is 6.54 Å². The van der Waals surface area contributed by atoms with E-state index in [1.54, 1.807) is 0 Å². The van der Waals surface area contributed by atoms with Gasteiger partial charge in [-0.25, -0.2) is 0 Å². The molecule has 9 heteroatoms. The first-order chi connectivity index (χ1) is 7.74. The van der Waals surface area contributed by atoms with Crippen LogP contribution in [0, 0.1) is 11.8 Å². The van der Waals surface area contributed by atoms with Gasteiger partial charge in [-0.05, 0) is 0 Å². The van der Waals surface area contributed by atoms with Crippen LogP contribution in [0.1, 0.15) is 0 Å². The Hall–Kier alpha value is -2.16. The summed E-state index contributed by atoms with van der Waals surface area (Å²) in [6.07, 6.45) is 0. The lowest BCUT2D eigenvalue weighted by Gasteiger charge is -2.22. The molecular formula is C8H9NO8. The number of hydrogen-bond acceptors (Lipinski definition) is 5. The van der Waals surface area contributed by atoms with Gasteiger partial charge in [0, 0.05) is 6.54 Å². The Morgan fingerprint density at radius 2 is 1.06 bits per heavy atom. The van der Waals surface area contributed by atoms with Gasteiger partial charge in [0.15, 0.2) is 11.8 Å². The molecule has 1 fully saturated rings. The van der Waals surface area contributed by atoms with E-state index in [1.165, 1.54) is 0 Å². The maximum Gasteiger partial charge on any atom is 0.319 e.